The minimum Gasteiger partial charge on any atom is -0.463 e. The van der Waals surface area contributed by atoms with Crippen LogP contribution in [-0.4, -0.2) is 9.78 Å². The molecule has 0 radical (unpaired) electrons. The Labute approximate surface area is 109 Å². The molecule has 5 heteroatoms. The van der Waals surface area contributed by atoms with E-state index in [0.717, 1.165) is 5.56 Å². The van der Waals surface area contributed by atoms with E-state index in [2.05, 4.69) is 5.10 Å². The second-order valence-electron chi connectivity index (χ2n) is 4.24. The van der Waals surface area contributed by atoms with Crippen molar-refractivity contribution >= 4 is 5.69 Å². The molecular weight excluding hydrogens is 245 g/mol. The molecule has 0 atom stereocenters. The van der Waals surface area contributed by atoms with Crippen LogP contribution in [0.5, 0.6) is 0 Å². The highest BCUT2D eigenvalue weighted by molar-refractivity contribution is 5.67. The fourth-order valence-corrected chi connectivity index (χ4v) is 1.94. The summed E-state index contributed by atoms with van der Waals surface area (Å²) in [6.07, 6.45) is 3.28. The minimum absolute atomic E-state index is 0.260. The highest BCUT2D eigenvalue weighted by Gasteiger charge is 2.11. The Bertz CT molecular complexity index is 689. The second-order valence-corrected chi connectivity index (χ2v) is 4.24. The van der Waals surface area contributed by atoms with Crippen LogP contribution in [0, 0.1) is 5.82 Å². The van der Waals surface area contributed by atoms with Gasteiger partial charge in [-0.1, -0.05) is 12.1 Å². The maximum atomic E-state index is 13.1. The molecule has 0 amide bonds. The molecule has 19 heavy (non-hydrogen) atoms. The van der Waals surface area contributed by atoms with Crippen molar-refractivity contribution in [2.45, 2.75) is 6.54 Å². The third-order valence-electron chi connectivity index (χ3n) is 2.78. The van der Waals surface area contributed by atoms with Crippen molar-refractivity contribution < 1.29 is 8.81 Å². The van der Waals surface area contributed by atoms with Gasteiger partial charge in [-0.25, -0.2) is 4.39 Å². The average Bonchev–Trinajstić information content (AvgIpc) is 2.98. The number of benzene rings is 1. The first-order valence-corrected chi connectivity index (χ1v) is 5.83. The van der Waals surface area contributed by atoms with Crippen molar-refractivity contribution in [3.05, 3.63) is 60.2 Å². The Hall–Kier alpha value is -2.56. The zero-order chi connectivity index (χ0) is 13.2. The van der Waals surface area contributed by atoms with Crippen molar-refractivity contribution in [1.82, 2.24) is 9.78 Å². The number of hydrogen-bond donors (Lipinski definition) is 1. The van der Waals surface area contributed by atoms with Crippen LogP contribution in [-0.2, 0) is 6.54 Å². The molecule has 96 valence electrons. The van der Waals surface area contributed by atoms with Gasteiger partial charge in [-0.3, -0.25) is 4.68 Å². The summed E-state index contributed by atoms with van der Waals surface area (Å²) >= 11 is 0. The summed E-state index contributed by atoms with van der Waals surface area (Å²) in [6.45, 7) is 0.461. The van der Waals surface area contributed by atoms with Gasteiger partial charge >= 0.3 is 0 Å². The van der Waals surface area contributed by atoms with E-state index >= 15 is 0 Å². The van der Waals surface area contributed by atoms with Crippen molar-refractivity contribution in [1.29, 1.82) is 0 Å². The zero-order valence-corrected chi connectivity index (χ0v) is 10.1. The zero-order valence-electron chi connectivity index (χ0n) is 10.1. The van der Waals surface area contributed by atoms with E-state index < -0.39 is 0 Å². The van der Waals surface area contributed by atoms with Crippen LogP contribution in [0.4, 0.5) is 10.1 Å². The van der Waals surface area contributed by atoms with E-state index in [0.29, 0.717) is 23.7 Å². The Morgan fingerprint density at radius 1 is 1.26 bits per heavy atom. The van der Waals surface area contributed by atoms with E-state index in [-0.39, 0.29) is 5.82 Å². The smallest absolute Gasteiger partial charge is 0.156 e. The lowest BCUT2D eigenvalue weighted by atomic mass is 10.2. The van der Waals surface area contributed by atoms with Gasteiger partial charge in [-0.15, -0.1) is 0 Å². The quantitative estimate of drug-likeness (QED) is 0.784. The molecular formula is C14H12FN3O. The van der Waals surface area contributed by atoms with Gasteiger partial charge in [0.05, 0.1) is 18.5 Å². The standard InChI is InChI=1S/C14H12FN3O/c15-11-4-1-3-10(7-11)8-18-9-12(16)14(17-18)13-5-2-6-19-13/h1-7,9H,8,16H2. The van der Waals surface area contributed by atoms with Crippen LogP contribution in [0.2, 0.25) is 0 Å². The van der Waals surface area contributed by atoms with E-state index in [9.17, 15) is 4.39 Å². The molecule has 1 aromatic carbocycles. The van der Waals surface area contributed by atoms with Gasteiger partial charge < -0.3 is 10.2 Å². The number of furan rings is 1. The molecule has 0 aliphatic heterocycles. The minimum atomic E-state index is -0.260. The van der Waals surface area contributed by atoms with E-state index in [1.807, 2.05) is 6.07 Å². The summed E-state index contributed by atoms with van der Waals surface area (Å²) in [6, 6.07) is 9.98. The molecule has 0 spiro atoms. The lowest BCUT2D eigenvalue weighted by Crippen LogP contribution is -2.00. The predicted octanol–water partition coefficient (Wildman–Crippen LogP) is 2.91. The second kappa shape index (κ2) is 4.61. The van der Waals surface area contributed by atoms with E-state index in [1.165, 1.54) is 12.1 Å². The Kier molecular flexibility index (Phi) is 2.79. The maximum absolute atomic E-state index is 13.1. The van der Waals surface area contributed by atoms with Gasteiger partial charge in [-0.2, -0.15) is 5.10 Å². The van der Waals surface area contributed by atoms with Crippen LogP contribution < -0.4 is 5.73 Å². The van der Waals surface area contributed by atoms with Crippen molar-refractivity contribution in [3.63, 3.8) is 0 Å². The molecule has 0 fully saturated rings. The number of anilines is 1. The molecule has 3 rings (SSSR count). The topological polar surface area (TPSA) is 57.0 Å². The number of halogens is 1. The van der Waals surface area contributed by atoms with Crippen molar-refractivity contribution in [3.8, 4) is 11.5 Å². The molecule has 2 N–H and O–H groups in total. The summed E-state index contributed by atoms with van der Waals surface area (Å²) in [5.74, 6) is 0.361. The number of nitrogens with two attached hydrogens (primary N) is 1. The van der Waals surface area contributed by atoms with Gasteiger partial charge in [0.25, 0.3) is 0 Å². The summed E-state index contributed by atoms with van der Waals surface area (Å²) < 4.78 is 20.0. The number of aromatic nitrogens is 2. The molecule has 4 nitrogen and oxygen atoms in total. The summed E-state index contributed by atoms with van der Waals surface area (Å²) in [7, 11) is 0. The Morgan fingerprint density at radius 2 is 2.16 bits per heavy atom. The number of rotatable bonds is 3. The monoisotopic (exact) mass is 257 g/mol. The first-order chi connectivity index (χ1) is 9.22. The summed E-state index contributed by atoms with van der Waals surface area (Å²) in [4.78, 5) is 0. The normalized spacial score (nSPS) is 10.8. The molecule has 0 aliphatic carbocycles. The van der Waals surface area contributed by atoms with Gasteiger partial charge in [-0.05, 0) is 29.8 Å². The van der Waals surface area contributed by atoms with E-state index in [4.69, 9.17) is 10.2 Å². The van der Waals surface area contributed by atoms with Gasteiger partial charge in [0.15, 0.2) is 11.5 Å². The van der Waals surface area contributed by atoms with Crippen LogP contribution in [0.15, 0.2) is 53.3 Å². The molecule has 0 saturated heterocycles. The highest BCUT2D eigenvalue weighted by atomic mass is 19.1. The third-order valence-corrected chi connectivity index (χ3v) is 2.78. The lowest BCUT2D eigenvalue weighted by Gasteiger charge is -2.01. The molecule has 0 saturated carbocycles. The average molecular weight is 257 g/mol. The molecule has 2 aromatic heterocycles. The van der Waals surface area contributed by atoms with E-state index in [1.54, 1.807) is 35.3 Å². The van der Waals surface area contributed by atoms with Crippen LogP contribution >= 0.6 is 0 Å². The Balaban J connectivity index is 1.89. The Morgan fingerprint density at radius 3 is 2.89 bits per heavy atom. The van der Waals surface area contributed by atoms with Crippen molar-refractivity contribution in [2.75, 3.05) is 5.73 Å². The molecule has 0 aliphatic rings. The summed E-state index contributed by atoms with van der Waals surface area (Å²) in [5.41, 5.74) is 7.86. The SMILES string of the molecule is Nc1cn(Cc2cccc(F)c2)nc1-c1ccco1. The first kappa shape index (κ1) is 11.5. The molecule has 0 unspecified atom stereocenters. The number of nitrogens with zero attached hydrogens (tertiary/aromatic N) is 2. The fraction of sp³-hybridized carbons (Fsp3) is 0.0714. The largest absolute Gasteiger partial charge is 0.463 e. The highest BCUT2D eigenvalue weighted by Crippen LogP contribution is 2.24. The van der Waals surface area contributed by atoms with Gasteiger partial charge in [0.2, 0.25) is 0 Å². The predicted molar refractivity (Wildman–Crippen MR) is 69.8 cm³/mol. The molecule has 0 bridgehead atoms. The number of hydrogen-bond acceptors (Lipinski definition) is 3. The van der Waals surface area contributed by atoms with Crippen molar-refractivity contribution in [2.24, 2.45) is 0 Å². The van der Waals surface area contributed by atoms with Crippen LogP contribution in [0.25, 0.3) is 11.5 Å². The molecule has 3 aromatic rings. The number of nitrogen functional groups attached to an aromatic ring is 1. The van der Waals surface area contributed by atoms with Gasteiger partial charge in [0.1, 0.15) is 5.82 Å². The fourth-order valence-electron chi connectivity index (χ4n) is 1.94. The first-order valence-electron chi connectivity index (χ1n) is 5.83. The molecule has 2 heterocycles. The summed E-state index contributed by atoms with van der Waals surface area (Å²) in [5, 5.41) is 4.35. The van der Waals surface area contributed by atoms with Gasteiger partial charge in [0, 0.05) is 6.20 Å². The third kappa shape index (κ3) is 2.35. The van der Waals surface area contributed by atoms with Crippen LogP contribution in [0.1, 0.15) is 5.56 Å². The lowest BCUT2D eigenvalue weighted by molar-refractivity contribution is 0.576. The van der Waals surface area contributed by atoms with Crippen LogP contribution in [0.3, 0.4) is 0 Å². The maximum Gasteiger partial charge on any atom is 0.156 e.